The van der Waals surface area contributed by atoms with E-state index in [2.05, 4.69) is 11.8 Å². The van der Waals surface area contributed by atoms with E-state index in [1.165, 1.54) is 25.9 Å². The summed E-state index contributed by atoms with van der Waals surface area (Å²) in [6.45, 7) is 7.33. The number of amides is 1. The SMILES string of the molecule is CC1CCN(CCN2CC(N)CC2=O)CC1. The van der Waals surface area contributed by atoms with Crippen molar-refractivity contribution in [3.63, 3.8) is 0 Å². The molecule has 2 rings (SSSR count). The first-order valence-electron chi connectivity index (χ1n) is 6.41. The molecule has 2 N–H and O–H groups in total. The Morgan fingerprint density at radius 2 is 2.00 bits per heavy atom. The molecule has 2 aliphatic rings. The van der Waals surface area contributed by atoms with Crippen LogP contribution in [0.2, 0.25) is 0 Å². The van der Waals surface area contributed by atoms with Crippen molar-refractivity contribution >= 4 is 5.91 Å². The van der Waals surface area contributed by atoms with E-state index in [1.54, 1.807) is 0 Å². The van der Waals surface area contributed by atoms with Crippen molar-refractivity contribution in [1.82, 2.24) is 9.80 Å². The molecule has 92 valence electrons. The summed E-state index contributed by atoms with van der Waals surface area (Å²) in [6, 6.07) is 0.0638. The first kappa shape index (κ1) is 11.9. The number of carbonyl (C=O) groups is 1. The van der Waals surface area contributed by atoms with Gasteiger partial charge in [0.05, 0.1) is 0 Å². The molecule has 1 atom stereocenters. The second-order valence-corrected chi connectivity index (χ2v) is 5.33. The van der Waals surface area contributed by atoms with Crippen LogP contribution in [-0.4, -0.2) is 54.5 Å². The fraction of sp³-hybridized carbons (Fsp3) is 0.917. The number of nitrogens with zero attached hydrogens (tertiary/aromatic N) is 2. The van der Waals surface area contributed by atoms with Crippen LogP contribution in [0.4, 0.5) is 0 Å². The summed E-state index contributed by atoms with van der Waals surface area (Å²) in [5.74, 6) is 1.11. The van der Waals surface area contributed by atoms with Gasteiger partial charge in [-0.2, -0.15) is 0 Å². The van der Waals surface area contributed by atoms with E-state index in [0.29, 0.717) is 6.42 Å². The molecule has 0 saturated carbocycles. The molecule has 0 aromatic rings. The maximum Gasteiger partial charge on any atom is 0.224 e. The van der Waals surface area contributed by atoms with Gasteiger partial charge in [0, 0.05) is 32.1 Å². The molecule has 0 bridgehead atoms. The van der Waals surface area contributed by atoms with E-state index in [-0.39, 0.29) is 11.9 Å². The van der Waals surface area contributed by atoms with Crippen LogP contribution in [0.5, 0.6) is 0 Å². The van der Waals surface area contributed by atoms with Gasteiger partial charge in [-0.05, 0) is 31.8 Å². The molecule has 0 aliphatic carbocycles. The highest BCUT2D eigenvalue weighted by atomic mass is 16.2. The zero-order chi connectivity index (χ0) is 11.5. The fourth-order valence-electron chi connectivity index (χ4n) is 2.57. The van der Waals surface area contributed by atoms with E-state index < -0.39 is 0 Å². The number of carbonyl (C=O) groups excluding carboxylic acids is 1. The van der Waals surface area contributed by atoms with Gasteiger partial charge in [-0.25, -0.2) is 0 Å². The van der Waals surface area contributed by atoms with Gasteiger partial charge in [-0.1, -0.05) is 6.92 Å². The quantitative estimate of drug-likeness (QED) is 0.750. The molecule has 2 aliphatic heterocycles. The Morgan fingerprint density at radius 3 is 2.56 bits per heavy atom. The van der Waals surface area contributed by atoms with Crippen molar-refractivity contribution in [2.24, 2.45) is 11.7 Å². The Morgan fingerprint density at radius 1 is 1.31 bits per heavy atom. The Hall–Kier alpha value is -0.610. The van der Waals surface area contributed by atoms with E-state index in [9.17, 15) is 4.79 Å². The third kappa shape index (κ3) is 2.95. The zero-order valence-corrected chi connectivity index (χ0v) is 10.2. The minimum absolute atomic E-state index is 0.0638. The van der Waals surface area contributed by atoms with Gasteiger partial charge >= 0.3 is 0 Å². The number of nitrogens with two attached hydrogens (primary N) is 1. The van der Waals surface area contributed by atoms with Gasteiger partial charge in [0.2, 0.25) is 5.91 Å². The Kier molecular flexibility index (Phi) is 3.82. The molecule has 0 aromatic carbocycles. The molecule has 1 amide bonds. The summed E-state index contributed by atoms with van der Waals surface area (Å²) in [5.41, 5.74) is 5.77. The highest BCUT2D eigenvalue weighted by molar-refractivity contribution is 5.79. The van der Waals surface area contributed by atoms with Crippen molar-refractivity contribution in [3.8, 4) is 0 Å². The summed E-state index contributed by atoms with van der Waals surface area (Å²) in [4.78, 5) is 15.9. The first-order chi connectivity index (χ1) is 7.65. The second-order valence-electron chi connectivity index (χ2n) is 5.33. The van der Waals surface area contributed by atoms with Crippen LogP contribution in [0, 0.1) is 5.92 Å². The highest BCUT2D eigenvalue weighted by Crippen LogP contribution is 2.16. The maximum absolute atomic E-state index is 11.5. The average molecular weight is 225 g/mol. The molecule has 16 heavy (non-hydrogen) atoms. The molecule has 0 radical (unpaired) electrons. The van der Waals surface area contributed by atoms with Gasteiger partial charge in [0.15, 0.2) is 0 Å². The third-order valence-corrected chi connectivity index (χ3v) is 3.81. The molecule has 1 unspecified atom stereocenters. The normalized spacial score (nSPS) is 29.0. The standard InChI is InChI=1S/C12H23N3O/c1-10-2-4-14(5-3-10)6-7-15-9-11(13)8-12(15)16/h10-11H,2-9,13H2,1H3. The third-order valence-electron chi connectivity index (χ3n) is 3.81. The number of piperidine rings is 1. The van der Waals surface area contributed by atoms with Crippen LogP contribution in [0.25, 0.3) is 0 Å². The van der Waals surface area contributed by atoms with Crippen LogP contribution in [0.15, 0.2) is 0 Å². The molecular weight excluding hydrogens is 202 g/mol. The van der Waals surface area contributed by atoms with E-state index in [1.807, 2.05) is 4.90 Å². The Labute approximate surface area is 97.8 Å². The van der Waals surface area contributed by atoms with Crippen LogP contribution < -0.4 is 5.73 Å². The topological polar surface area (TPSA) is 49.6 Å². The number of likely N-dealkylation sites (tertiary alicyclic amines) is 2. The molecule has 2 fully saturated rings. The predicted molar refractivity (Wildman–Crippen MR) is 64.0 cm³/mol. The van der Waals surface area contributed by atoms with Gasteiger partial charge in [-0.3, -0.25) is 4.79 Å². The minimum Gasteiger partial charge on any atom is -0.340 e. The highest BCUT2D eigenvalue weighted by Gasteiger charge is 2.27. The monoisotopic (exact) mass is 225 g/mol. The van der Waals surface area contributed by atoms with Crippen LogP contribution >= 0.6 is 0 Å². The van der Waals surface area contributed by atoms with Gasteiger partial charge in [0.25, 0.3) is 0 Å². The maximum atomic E-state index is 11.5. The summed E-state index contributed by atoms with van der Waals surface area (Å²) < 4.78 is 0. The largest absolute Gasteiger partial charge is 0.340 e. The Bertz CT molecular complexity index is 249. The zero-order valence-electron chi connectivity index (χ0n) is 10.2. The lowest BCUT2D eigenvalue weighted by molar-refractivity contribution is -0.127. The number of rotatable bonds is 3. The van der Waals surface area contributed by atoms with Crippen molar-refractivity contribution in [1.29, 1.82) is 0 Å². The average Bonchev–Trinajstić information content (AvgIpc) is 2.57. The van der Waals surface area contributed by atoms with Crippen molar-refractivity contribution < 1.29 is 4.79 Å². The number of hydrogen-bond donors (Lipinski definition) is 1. The van der Waals surface area contributed by atoms with Crippen molar-refractivity contribution in [3.05, 3.63) is 0 Å². The van der Waals surface area contributed by atoms with Crippen LogP contribution in [0.1, 0.15) is 26.2 Å². The van der Waals surface area contributed by atoms with Crippen molar-refractivity contribution in [2.45, 2.75) is 32.2 Å². The fourth-order valence-corrected chi connectivity index (χ4v) is 2.57. The lowest BCUT2D eigenvalue weighted by atomic mass is 9.99. The summed E-state index contributed by atoms with van der Waals surface area (Å²) >= 11 is 0. The lowest BCUT2D eigenvalue weighted by Crippen LogP contribution is -2.40. The van der Waals surface area contributed by atoms with E-state index in [4.69, 9.17) is 5.73 Å². The smallest absolute Gasteiger partial charge is 0.224 e. The first-order valence-corrected chi connectivity index (χ1v) is 6.41. The molecule has 4 heteroatoms. The van der Waals surface area contributed by atoms with Crippen LogP contribution in [-0.2, 0) is 4.79 Å². The summed E-state index contributed by atoms with van der Waals surface area (Å²) in [5, 5.41) is 0. The molecule has 0 aromatic heterocycles. The lowest BCUT2D eigenvalue weighted by Gasteiger charge is -2.31. The van der Waals surface area contributed by atoms with E-state index >= 15 is 0 Å². The van der Waals surface area contributed by atoms with E-state index in [0.717, 1.165) is 25.6 Å². The second kappa shape index (κ2) is 5.15. The Balaban J connectivity index is 1.69. The van der Waals surface area contributed by atoms with Crippen LogP contribution in [0.3, 0.4) is 0 Å². The minimum atomic E-state index is 0.0638. The van der Waals surface area contributed by atoms with Gasteiger partial charge in [0.1, 0.15) is 0 Å². The molecule has 4 nitrogen and oxygen atoms in total. The molecule has 2 saturated heterocycles. The van der Waals surface area contributed by atoms with Gasteiger partial charge in [-0.15, -0.1) is 0 Å². The predicted octanol–water partition coefficient (Wildman–Crippen LogP) is 0.278. The molecule has 2 heterocycles. The molecular formula is C12H23N3O. The van der Waals surface area contributed by atoms with Gasteiger partial charge < -0.3 is 15.5 Å². The summed E-state index contributed by atoms with van der Waals surface area (Å²) in [7, 11) is 0. The molecule has 0 spiro atoms. The van der Waals surface area contributed by atoms with Crippen molar-refractivity contribution in [2.75, 3.05) is 32.7 Å². The summed E-state index contributed by atoms with van der Waals surface area (Å²) in [6.07, 6.45) is 3.14. The number of hydrogen-bond acceptors (Lipinski definition) is 3.